The highest BCUT2D eigenvalue weighted by atomic mass is 32.1. The molecule has 4 rings (SSSR count). The summed E-state index contributed by atoms with van der Waals surface area (Å²) >= 11 is 5.68. The van der Waals surface area contributed by atoms with E-state index in [1.54, 1.807) is 6.20 Å². The van der Waals surface area contributed by atoms with E-state index in [2.05, 4.69) is 15.2 Å². The maximum atomic E-state index is 5.99. The Labute approximate surface area is 164 Å². The minimum atomic E-state index is -0.126. The molecule has 3 aromatic rings. The Morgan fingerprint density at radius 2 is 1.96 bits per heavy atom. The van der Waals surface area contributed by atoms with E-state index in [9.17, 15) is 0 Å². The maximum Gasteiger partial charge on any atom is 0.174 e. The van der Waals surface area contributed by atoms with Gasteiger partial charge in [-0.1, -0.05) is 6.07 Å². The predicted octanol–water partition coefficient (Wildman–Crippen LogP) is 4.56. The lowest BCUT2D eigenvalue weighted by molar-refractivity contribution is 0.340. The lowest BCUT2D eigenvalue weighted by Crippen LogP contribution is -2.29. The van der Waals surface area contributed by atoms with E-state index in [0.29, 0.717) is 11.7 Å². The smallest absolute Gasteiger partial charge is 0.174 e. The zero-order valence-corrected chi connectivity index (χ0v) is 16.1. The van der Waals surface area contributed by atoms with Gasteiger partial charge in [-0.3, -0.25) is 4.98 Å². The molecule has 0 unspecified atom stereocenters. The highest BCUT2D eigenvalue weighted by Crippen LogP contribution is 2.42. The van der Waals surface area contributed by atoms with E-state index in [4.69, 9.17) is 21.4 Å². The van der Waals surface area contributed by atoms with Gasteiger partial charge < -0.3 is 19.4 Å². The van der Waals surface area contributed by atoms with Crippen LogP contribution >= 0.6 is 12.2 Å². The fourth-order valence-corrected chi connectivity index (χ4v) is 3.75. The minimum absolute atomic E-state index is 0.101. The SMILES string of the molecule is CCOc1ccc(N2C(=S)N[C@@H](c3ccccn3)[C@@H]2c2ccc(C)o2)cc1. The first-order valence-corrected chi connectivity index (χ1v) is 9.38. The van der Waals surface area contributed by atoms with Crippen LogP contribution in [-0.2, 0) is 0 Å². The summed E-state index contributed by atoms with van der Waals surface area (Å²) in [5.74, 6) is 2.56. The van der Waals surface area contributed by atoms with Crippen LogP contribution in [0.2, 0.25) is 0 Å². The van der Waals surface area contributed by atoms with Crippen molar-refractivity contribution in [1.82, 2.24) is 10.3 Å². The summed E-state index contributed by atoms with van der Waals surface area (Å²) in [7, 11) is 0. The molecule has 6 heteroatoms. The molecule has 1 aliphatic rings. The second-order valence-corrected chi connectivity index (χ2v) is 6.76. The molecule has 0 saturated carbocycles. The van der Waals surface area contributed by atoms with E-state index >= 15 is 0 Å². The van der Waals surface area contributed by atoms with Crippen molar-refractivity contribution in [3.8, 4) is 5.75 Å². The highest BCUT2D eigenvalue weighted by molar-refractivity contribution is 7.80. The molecule has 1 fully saturated rings. The number of aromatic nitrogens is 1. The summed E-state index contributed by atoms with van der Waals surface area (Å²) in [5, 5.41) is 4.07. The molecule has 1 aromatic carbocycles. The van der Waals surface area contributed by atoms with Crippen molar-refractivity contribution in [2.24, 2.45) is 0 Å². The summed E-state index contributed by atoms with van der Waals surface area (Å²) in [6.07, 6.45) is 1.80. The monoisotopic (exact) mass is 379 g/mol. The number of hydrogen-bond donors (Lipinski definition) is 1. The van der Waals surface area contributed by atoms with Crippen molar-refractivity contribution in [2.75, 3.05) is 11.5 Å². The molecule has 0 amide bonds. The number of nitrogens with zero attached hydrogens (tertiary/aromatic N) is 2. The molecule has 2 atom stereocenters. The van der Waals surface area contributed by atoms with Gasteiger partial charge in [-0.2, -0.15) is 0 Å². The van der Waals surface area contributed by atoms with Crippen molar-refractivity contribution in [3.63, 3.8) is 0 Å². The second kappa shape index (κ2) is 7.40. The van der Waals surface area contributed by atoms with Gasteiger partial charge in [0, 0.05) is 11.9 Å². The van der Waals surface area contributed by atoms with E-state index in [-0.39, 0.29) is 12.1 Å². The van der Waals surface area contributed by atoms with Gasteiger partial charge in [0.25, 0.3) is 0 Å². The first kappa shape index (κ1) is 17.5. The molecule has 138 valence electrons. The lowest BCUT2D eigenvalue weighted by atomic mass is 10.0. The van der Waals surface area contributed by atoms with Crippen molar-refractivity contribution in [3.05, 3.63) is 78.0 Å². The van der Waals surface area contributed by atoms with Gasteiger partial charge in [-0.05, 0) is 74.6 Å². The molecule has 0 aliphatic carbocycles. The minimum Gasteiger partial charge on any atom is -0.494 e. The Bertz CT molecular complexity index is 924. The normalized spacial score (nSPS) is 19.2. The van der Waals surface area contributed by atoms with Crippen LogP contribution in [0.4, 0.5) is 5.69 Å². The van der Waals surface area contributed by atoms with Crippen molar-refractivity contribution in [2.45, 2.75) is 25.9 Å². The molecule has 0 spiro atoms. The van der Waals surface area contributed by atoms with Crippen LogP contribution in [-0.4, -0.2) is 16.7 Å². The number of thiocarbonyl (C=S) groups is 1. The maximum absolute atomic E-state index is 5.99. The molecular weight excluding hydrogens is 358 g/mol. The van der Waals surface area contributed by atoms with Gasteiger partial charge in [0.15, 0.2) is 5.11 Å². The third-order valence-corrected chi connectivity index (χ3v) is 4.89. The van der Waals surface area contributed by atoms with Crippen molar-refractivity contribution < 1.29 is 9.15 Å². The van der Waals surface area contributed by atoms with Gasteiger partial charge in [0.2, 0.25) is 0 Å². The zero-order chi connectivity index (χ0) is 18.8. The number of furan rings is 1. The molecular formula is C21H21N3O2S. The number of benzene rings is 1. The number of rotatable bonds is 5. The molecule has 0 bridgehead atoms. The molecule has 0 radical (unpaired) electrons. The van der Waals surface area contributed by atoms with Gasteiger partial charge in [0.1, 0.15) is 23.3 Å². The summed E-state index contributed by atoms with van der Waals surface area (Å²) in [6.45, 7) is 4.56. The van der Waals surface area contributed by atoms with Crippen LogP contribution in [0, 0.1) is 6.92 Å². The van der Waals surface area contributed by atoms with Crippen LogP contribution in [0.25, 0.3) is 0 Å². The van der Waals surface area contributed by atoms with E-state index < -0.39 is 0 Å². The highest BCUT2D eigenvalue weighted by Gasteiger charge is 2.42. The summed E-state index contributed by atoms with van der Waals surface area (Å²) < 4.78 is 11.5. The summed E-state index contributed by atoms with van der Waals surface area (Å²) in [5.41, 5.74) is 1.90. The predicted molar refractivity (Wildman–Crippen MR) is 109 cm³/mol. The van der Waals surface area contributed by atoms with Gasteiger partial charge in [-0.15, -0.1) is 0 Å². The number of pyridine rings is 1. The van der Waals surface area contributed by atoms with E-state index in [1.807, 2.05) is 68.4 Å². The number of aryl methyl sites for hydroxylation is 1. The molecule has 1 aliphatic heterocycles. The van der Waals surface area contributed by atoms with Crippen molar-refractivity contribution >= 4 is 23.0 Å². The van der Waals surface area contributed by atoms with Gasteiger partial charge >= 0.3 is 0 Å². The quantitative estimate of drug-likeness (QED) is 0.656. The number of anilines is 1. The van der Waals surface area contributed by atoms with Crippen molar-refractivity contribution in [1.29, 1.82) is 0 Å². The number of hydrogen-bond acceptors (Lipinski definition) is 4. The van der Waals surface area contributed by atoms with E-state index in [0.717, 1.165) is 28.7 Å². The Morgan fingerprint density at radius 3 is 2.59 bits per heavy atom. The molecule has 5 nitrogen and oxygen atoms in total. The largest absolute Gasteiger partial charge is 0.494 e. The summed E-state index contributed by atoms with van der Waals surface area (Å²) in [4.78, 5) is 6.62. The Morgan fingerprint density at radius 1 is 1.15 bits per heavy atom. The zero-order valence-electron chi connectivity index (χ0n) is 15.3. The van der Waals surface area contributed by atoms with Gasteiger partial charge in [-0.25, -0.2) is 0 Å². The van der Waals surface area contributed by atoms with Crippen LogP contribution in [0.3, 0.4) is 0 Å². The Kier molecular flexibility index (Phi) is 4.81. The first-order valence-electron chi connectivity index (χ1n) is 8.97. The molecule has 3 heterocycles. The number of ether oxygens (including phenoxy) is 1. The third-order valence-electron chi connectivity index (χ3n) is 4.58. The average molecular weight is 379 g/mol. The van der Waals surface area contributed by atoms with Crippen LogP contribution in [0.5, 0.6) is 5.75 Å². The third kappa shape index (κ3) is 3.40. The number of nitrogens with one attached hydrogen (secondary N) is 1. The molecule has 1 N–H and O–H groups in total. The Balaban J connectivity index is 1.75. The lowest BCUT2D eigenvalue weighted by Gasteiger charge is -2.26. The standard InChI is InChI=1S/C21H21N3O2S/c1-3-25-16-10-8-15(9-11-16)24-20(18-12-7-14(2)26-18)19(23-21(24)27)17-6-4-5-13-22-17/h4-13,19-20H,3H2,1-2H3,(H,23,27)/t19-,20-/m0/s1. The van der Waals surface area contributed by atoms with Crippen LogP contribution in [0.15, 0.2) is 65.2 Å². The second-order valence-electron chi connectivity index (χ2n) is 6.37. The molecule has 2 aromatic heterocycles. The first-order chi connectivity index (χ1) is 13.2. The topological polar surface area (TPSA) is 50.5 Å². The van der Waals surface area contributed by atoms with Gasteiger partial charge in [0.05, 0.1) is 18.3 Å². The fourth-order valence-electron chi connectivity index (χ4n) is 3.40. The summed E-state index contributed by atoms with van der Waals surface area (Å²) in [6, 6.07) is 17.6. The fraction of sp³-hybridized carbons (Fsp3) is 0.238. The molecule has 27 heavy (non-hydrogen) atoms. The van der Waals surface area contributed by atoms with Crippen LogP contribution in [0.1, 0.15) is 36.2 Å². The molecule has 1 saturated heterocycles. The van der Waals surface area contributed by atoms with E-state index in [1.165, 1.54) is 0 Å². The average Bonchev–Trinajstić information content (AvgIpc) is 3.26. The Hall–Kier alpha value is -2.86. The van der Waals surface area contributed by atoms with Crippen LogP contribution < -0.4 is 15.0 Å².